The predicted molar refractivity (Wildman–Crippen MR) is 115 cm³/mol. The van der Waals surface area contributed by atoms with E-state index in [1.807, 2.05) is 13.8 Å². The Kier molecular flexibility index (Phi) is 6.14. The van der Waals surface area contributed by atoms with E-state index in [-0.39, 0.29) is 34.9 Å². The predicted octanol–water partition coefficient (Wildman–Crippen LogP) is 3.60. The van der Waals surface area contributed by atoms with Crippen molar-refractivity contribution in [3.05, 3.63) is 65.5 Å². The van der Waals surface area contributed by atoms with Crippen molar-refractivity contribution in [2.45, 2.75) is 49.8 Å². The molecule has 0 aliphatic carbocycles. The van der Waals surface area contributed by atoms with Gasteiger partial charge in [-0.25, -0.2) is 12.8 Å². The molecule has 0 spiro atoms. The van der Waals surface area contributed by atoms with E-state index in [1.165, 1.54) is 28.6 Å². The number of likely N-dealkylation sites (tertiary alicyclic amines) is 1. The summed E-state index contributed by atoms with van der Waals surface area (Å²) in [6.45, 7) is 4.94. The van der Waals surface area contributed by atoms with Gasteiger partial charge in [-0.1, -0.05) is 12.1 Å². The zero-order valence-electron chi connectivity index (χ0n) is 17.7. The second-order valence-electron chi connectivity index (χ2n) is 8.31. The fraction of sp³-hybridized carbons (Fsp3) is 0.435. The lowest BCUT2D eigenvalue weighted by Crippen LogP contribution is -2.48. The average Bonchev–Trinajstić information content (AvgIpc) is 3.23. The average molecular weight is 447 g/mol. The number of hydrogen-bond acceptors (Lipinski definition) is 4. The van der Waals surface area contributed by atoms with Gasteiger partial charge in [0.1, 0.15) is 5.82 Å². The van der Waals surface area contributed by atoms with E-state index in [9.17, 15) is 17.6 Å². The van der Waals surface area contributed by atoms with E-state index in [1.54, 1.807) is 29.2 Å². The molecular weight excluding hydrogens is 419 g/mol. The van der Waals surface area contributed by atoms with Crippen molar-refractivity contribution in [2.75, 3.05) is 19.6 Å². The van der Waals surface area contributed by atoms with Gasteiger partial charge in [0.25, 0.3) is 5.91 Å². The number of sulfonamides is 1. The Morgan fingerprint density at radius 1 is 1.00 bits per heavy atom. The van der Waals surface area contributed by atoms with Gasteiger partial charge in [-0.15, -0.1) is 0 Å². The van der Waals surface area contributed by atoms with Gasteiger partial charge in [-0.05, 0) is 68.7 Å². The molecular formula is C23H27FN2O4S. The Balaban J connectivity index is 1.52. The van der Waals surface area contributed by atoms with Gasteiger partial charge in [0.2, 0.25) is 10.0 Å². The minimum atomic E-state index is -3.65. The first-order valence-corrected chi connectivity index (χ1v) is 12.0. The standard InChI is InChI=1S/C23H27FN2O4S/c1-16-14-25(15-17(2)30-16)31(28,29)21-11-7-19(8-12-21)23(27)26-13-3-4-22(26)18-5-9-20(24)10-6-18/h5-12,16-17,22H,3-4,13-15H2,1-2H3/t16-,17-,22-/m1/s1. The summed E-state index contributed by atoms with van der Waals surface area (Å²) in [5.41, 5.74) is 1.35. The number of halogens is 1. The largest absolute Gasteiger partial charge is 0.373 e. The summed E-state index contributed by atoms with van der Waals surface area (Å²) in [6, 6.07) is 12.3. The molecule has 2 aliphatic rings. The summed E-state index contributed by atoms with van der Waals surface area (Å²) >= 11 is 0. The van der Waals surface area contributed by atoms with Gasteiger partial charge >= 0.3 is 0 Å². The molecule has 0 N–H and O–H groups in total. The van der Waals surface area contributed by atoms with Gasteiger partial charge in [-0.2, -0.15) is 4.31 Å². The number of amides is 1. The topological polar surface area (TPSA) is 66.9 Å². The Bertz CT molecular complexity index is 1030. The summed E-state index contributed by atoms with van der Waals surface area (Å²) in [5.74, 6) is -0.454. The molecule has 6 nitrogen and oxygen atoms in total. The van der Waals surface area contributed by atoms with Crippen LogP contribution in [0.4, 0.5) is 4.39 Å². The second-order valence-corrected chi connectivity index (χ2v) is 10.2. The van der Waals surface area contributed by atoms with Crippen LogP contribution in [0.2, 0.25) is 0 Å². The highest BCUT2D eigenvalue weighted by molar-refractivity contribution is 7.89. The summed E-state index contributed by atoms with van der Waals surface area (Å²) in [5, 5.41) is 0. The fourth-order valence-corrected chi connectivity index (χ4v) is 6.04. The second kappa shape index (κ2) is 8.68. The molecule has 3 atom stereocenters. The summed E-state index contributed by atoms with van der Waals surface area (Å²) in [7, 11) is -3.65. The van der Waals surface area contributed by atoms with Crippen LogP contribution in [0.25, 0.3) is 0 Å². The van der Waals surface area contributed by atoms with E-state index >= 15 is 0 Å². The highest BCUT2D eigenvalue weighted by Gasteiger charge is 2.33. The molecule has 0 radical (unpaired) electrons. The molecule has 0 bridgehead atoms. The van der Waals surface area contributed by atoms with Gasteiger partial charge in [0, 0.05) is 25.2 Å². The molecule has 2 saturated heterocycles. The lowest BCUT2D eigenvalue weighted by atomic mass is 10.0. The smallest absolute Gasteiger partial charge is 0.254 e. The number of rotatable bonds is 4. The van der Waals surface area contributed by atoms with Crippen molar-refractivity contribution in [1.82, 2.24) is 9.21 Å². The third-order valence-electron chi connectivity index (χ3n) is 5.89. The Morgan fingerprint density at radius 3 is 2.23 bits per heavy atom. The van der Waals surface area contributed by atoms with Crippen molar-refractivity contribution in [3.8, 4) is 0 Å². The zero-order chi connectivity index (χ0) is 22.2. The van der Waals surface area contributed by atoms with E-state index in [2.05, 4.69) is 0 Å². The van der Waals surface area contributed by atoms with E-state index in [4.69, 9.17) is 4.74 Å². The normalized spacial score (nSPS) is 25.0. The first-order chi connectivity index (χ1) is 14.8. The Morgan fingerprint density at radius 2 is 1.61 bits per heavy atom. The number of carbonyl (C=O) groups is 1. The number of hydrogen-bond donors (Lipinski definition) is 0. The molecule has 2 aromatic rings. The summed E-state index contributed by atoms with van der Waals surface area (Å²) < 4.78 is 46.4. The zero-order valence-corrected chi connectivity index (χ0v) is 18.5. The molecule has 8 heteroatoms. The molecule has 0 aromatic heterocycles. The van der Waals surface area contributed by atoms with E-state index in [0.29, 0.717) is 25.2 Å². The van der Waals surface area contributed by atoms with Crippen molar-refractivity contribution < 1.29 is 22.3 Å². The van der Waals surface area contributed by atoms with Gasteiger partial charge in [0.05, 0.1) is 23.1 Å². The highest BCUT2D eigenvalue weighted by atomic mass is 32.2. The molecule has 2 aromatic carbocycles. The molecule has 0 unspecified atom stereocenters. The monoisotopic (exact) mass is 446 g/mol. The quantitative estimate of drug-likeness (QED) is 0.720. The van der Waals surface area contributed by atoms with E-state index in [0.717, 1.165) is 18.4 Å². The minimum absolute atomic E-state index is 0.104. The highest BCUT2D eigenvalue weighted by Crippen LogP contribution is 2.33. The number of carbonyl (C=O) groups excluding carboxylic acids is 1. The molecule has 2 heterocycles. The summed E-state index contributed by atoms with van der Waals surface area (Å²) in [4.78, 5) is 15.1. The van der Waals surface area contributed by atoms with Crippen molar-refractivity contribution >= 4 is 15.9 Å². The maximum absolute atomic E-state index is 13.3. The molecule has 0 saturated carbocycles. The number of morpholine rings is 1. The van der Waals surface area contributed by atoms with Crippen LogP contribution in [-0.2, 0) is 14.8 Å². The van der Waals surface area contributed by atoms with Gasteiger partial charge < -0.3 is 9.64 Å². The SMILES string of the molecule is C[C@@H]1CN(S(=O)(=O)c2ccc(C(=O)N3CCC[C@@H]3c3ccc(F)cc3)cc2)C[C@@H](C)O1. The molecule has 2 fully saturated rings. The van der Waals surface area contributed by atoms with Crippen LogP contribution in [-0.4, -0.2) is 55.4 Å². The van der Waals surface area contributed by atoms with Crippen LogP contribution >= 0.6 is 0 Å². The Hall–Kier alpha value is -2.29. The third-order valence-corrected chi connectivity index (χ3v) is 7.74. The lowest BCUT2D eigenvalue weighted by molar-refractivity contribution is -0.0440. The third kappa shape index (κ3) is 4.51. The number of nitrogens with zero attached hydrogens (tertiary/aromatic N) is 2. The molecule has 4 rings (SSSR count). The van der Waals surface area contributed by atoms with Crippen molar-refractivity contribution in [1.29, 1.82) is 0 Å². The van der Waals surface area contributed by atoms with Crippen LogP contribution in [0.15, 0.2) is 53.4 Å². The van der Waals surface area contributed by atoms with Gasteiger partial charge in [0.15, 0.2) is 0 Å². The molecule has 1 amide bonds. The maximum Gasteiger partial charge on any atom is 0.254 e. The first-order valence-electron chi connectivity index (χ1n) is 10.6. The minimum Gasteiger partial charge on any atom is -0.373 e. The van der Waals surface area contributed by atoms with Crippen LogP contribution < -0.4 is 0 Å². The fourth-order valence-electron chi connectivity index (χ4n) is 4.45. The molecule has 2 aliphatic heterocycles. The van der Waals surface area contributed by atoms with Crippen LogP contribution in [0.1, 0.15) is 48.7 Å². The lowest BCUT2D eigenvalue weighted by Gasteiger charge is -2.34. The summed E-state index contributed by atoms with van der Waals surface area (Å²) in [6.07, 6.45) is 1.35. The Labute approximate surface area is 182 Å². The van der Waals surface area contributed by atoms with Crippen LogP contribution in [0.3, 0.4) is 0 Å². The molecule has 166 valence electrons. The van der Waals surface area contributed by atoms with Gasteiger partial charge in [-0.3, -0.25) is 4.79 Å². The van der Waals surface area contributed by atoms with Crippen molar-refractivity contribution in [2.24, 2.45) is 0 Å². The van der Waals surface area contributed by atoms with Crippen molar-refractivity contribution in [3.63, 3.8) is 0 Å². The maximum atomic E-state index is 13.3. The van der Waals surface area contributed by atoms with Crippen LogP contribution in [0.5, 0.6) is 0 Å². The first kappa shape index (κ1) is 21.9. The number of ether oxygens (including phenoxy) is 1. The molecule has 31 heavy (non-hydrogen) atoms. The van der Waals surface area contributed by atoms with E-state index < -0.39 is 10.0 Å². The number of benzene rings is 2. The van der Waals surface area contributed by atoms with Crippen LogP contribution in [0, 0.1) is 5.82 Å².